The van der Waals surface area contributed by atoms with E-state index < -0.39 is 21.6 Å². The minimum Gasteiger partial charge on any atom is -0.374 e. The Bertz CT molecular complexity index is 882. The molecule has 2 unspecified atom stereocenters. The van der Waals surface area contributed by atoms with Crippen LogP contribution >= 0.6 is 0 Å². The summed E-state index contributed by atoms with van der Waals surface area (Å²) in [6.07, 6.45) is 5.99. The molecule has 3 aliphatic rings. The van der Waals surface area contributed by atoms with E-state index in [0.29, 0.717) is 38.4 Å². The molecule has 0 radical (unpaired) electrons. The van der Waals surface area contributed by atoms with Gasteiger partial charge in [-0.3, -0.25) is 9.45 Å². The van der Waals surface area contributed by atoms with Crippen LogP contribution in [0.1, 0.15) is 63.6 Å². The fourth-order valence-corrected chi connectivity index (χ4v) is 6.20. The Balaban J connectivity index is 1.57. The normalized spacial score (nSPS) is 22.8. The first-order valence-electron chi connectivity index (χ1n) is 12.7. The van der Waals surface area contributed by atoms with Crippen molar-refractivity contribution in [1.29, 1.82) is 0 Å². The Hall–Kier alpha value is -1.60. The fourth-order valence-electron chi connectivity index (χ4n) is 5.28. The van der Waals surface area contributed by atoms with Crippen LogP contribution in [0.2, 0.25) is 0 Å². The van der Waals surface area contributed by atoms with Crippen LogP contribution in [-0.4, -0.2) is 102 Å². The fraction of sp³-hybridized carbons (Fsp3) is 0.864. The second kappa shape index (κ2) is 11.0. The zero-order chi connectivity index (χ0) is 24.2. The molecule has 3 aliphatic heterocycles. The summed E-state index contributed by atoms with van der Waals surface area (Å²) in [5.41, 5.74) is -1.63. The average molecular weight is 498 g/mol. The highest BCUT2D eigenvalue weighted by Crippen LogP contribution is 2.31. The lowest BCUT2D eigenvalue weighted by molar-refractivity contribution is -0.103. The van der Waals surface area contributed by atoms with Crippen molar-refractivity contribution in [2.45, 2.75) is 63.5 Å². The Morgan fingerprint density at radius 1 is 0.941 bits per heavy atom. The van der Waals surface area contributed by atoms with Crippen LogP contribution in [0.5, 0.6) is 0 Å². The number of aromatic nitrogens is 3. The Labute approximate surface area is 202 Å². The van der Waals surface area contributed by atoms with Crippen LogP contribution in [0.25, 0.3) is 0 Å². The summed E-state index contributed by atoms with van der Waals surface area (Å²) in [4.78, 5) is 20.7. The maximum Gasteiger partial charge on any atom is 0.269 e. The molecule has 0 saturated carbocycles. The van der Waals surface area contributed by atoms with E-state index in [4.69, 9.17) is 15.0 Å². The Kier molecular flexibility index (Phi) is 8.24. The molecule has 34 heavy (non-hydrogen) atoms. The third-order valence-corrected chi connectivity index (χ3v) is 8.10. The second-order valence-electron chi connectivity index (χ2n) is 9.77. The number of nitrogens with one attached hydrogen (secondary N) is 1. The van der Waals surface area contributed by atoms with Crippen molar-refractivity contribution < 1.29 is 18.1 Å². The summed E-state index contributed by atoms with van der Waals surface area (Å²) in [6, 6.07) is 0. The van der Waals surface area contributed by atoms with Gasteiger partial charge in [-0.2, -0.15) is 23.4 Å². The van der Waals surface area contributed by atoms with Gasteiger partial charge in [0.2, 0.25) is 11.9 Å². The van der Waals surface area contributed by atoms with Crippen molar-refractivity contribution in [1.82, 2.24) is 25.2 Å². The van der Waals surface area contributed by atoms with Crippen LogP contribution in [0.3, 0.4) is 0 Å². The van der Waals surface area contributed by atoms with Gasteiger partial charge in [0.15, 0.2) is 0 Å². The first-order chi connectivity index (χ1) is 16.3. The summed E-state index contributed by atoms with van der Waals surface area (Å²) in [6.45, 7) is 8.20. The molecular formula is C22H39N7O4S. The van der Waals surface area contributed by atoms with E-state index in [9.17, 15) is 18.1 Å². The van der Waals surface area contributed by atoms with Crippen LogP contribution in [0.15, 0.2) is 0 Å². The van der Waals surface area contributed by atoms with Crippen molar-refractivity contribution in [2.75, 3.05) is 67.9 Å². The lowest BCUT2D eigenvalue weighted by atomic mass is 9.94. The maximum absolute atomic E-state index is 11.8. The van der Waals surface area contributed by atoms with Crippen molar-refractivity contribution in [3.05, 3.63) is 5.82 Å². The average Bonchev–Trinajstić information content (AvgIpc) is 3.53. The number of rotatable bonds is 10. The molecule has 1 aromatic rings. The van der Waals surface area contributed by atoms with Crippen molar-refractivity contribution in [3.63, 3.8) is 0 Å². The van der Waals surface area contributed by atoms with E-state index >= 15 is 0 Å². The number of hydrogen-bond acceptors (Lipinski definition) is 10. The molecule has 0 aromatic carbocycles. The number of nitrogens with zero attached hydrogens (tertiary/aromatic N) is 6. The molecular weight excluding hydrogens is 458 g/mol. The summed E-state index contributed by atoms with van der Waals surface area (Å²) in [5, 5.41) is 14.6. The highest BCUT2D eigenvalue weighted by molar-refractivity contribution is 7.85. The molecule has 0 bridgehead atoms. The molecule has 0 amide bonds. The lowest BCUT2D eigenvalue weighted by Crippen LogP contribution is -2.59. The van der Waals surface area contributed by atoms with Gasteiger partial charge in [-0.25, -0.2) is 0 Å². The van der Waals surface area contributed by atoms with Gasteiger partial charge >= 0.3 is 0 Å². The molecule has 1 aromatic heterocycles. The zero-order valence-corrected chi connectivity index (χ0v) is 21.0. The van der Waals surface area contributed by atoms with Crippen LogP contribution in [0.4, 0.5) is 11.9 Å². The standard InChI is InChI=1S/C22H39N7O4S/c1-2-18(7-8-22(30,17-34(31,32)33)29-15-9-23-10-16-29)19-24-20(27-11-3-4-12-27)26-21(25-19)28-13-5-6-14-28/h18,23,30H,2-17H2,1H3,(H,31,32,33). The predicted octanol–water partition coefficient (Wildman–Crippen LogP) is 0.827. The van der Waals surface area contributed by atoms with Gasteiger partial charge < -0.3 is 20.2 Å². The largest absolute Gasteiger partial charge is 0.374 e. The monoisotopic (exact) mass is 497 g/mol. The van der Waals surface area contributed by atoms with Gasteiger partial charge in [-0.1, -0.05) is 6.92 Å². The van der Waals surface area contributed by atoms with Crippen LogP contribution in [0, 0.1) is 0 Å². The molecule has 192 valence electrons. The van der Waals surface area contributed by atoms with Gasteiger partial charge in [-0.15, -0.1) is 0 Å². The summed E-state index contributed by atoms with van der Waals surface area (Å²) >= 11 is 0. The first kappa shape index (κ1) is 25.5. The predicted molar refractivity (Wildman–Crippen MR) is 131 cm³/mol. The second-order valence-corrected chi connectivity index (χ2v) is 11.2. The van der Waals surface area contributed by atoms with Crippen LogP contribution in [-0.2, 0) is 10.1 Å². The molecule has 12 heteroatoms. The summed E-state index contributed by atoms with van der Waals surface area (Å²) in [7, 11) is -4.35. The highest BCUT2D eigenvalue weighted by atomic mass is 32.2. The number of aliphatic hydroxyl groups is 1. The van der Waals surface area contributed by atoms with E-state index in [1.54, 1.807) is 4.90 Å². The number of anilines is 2. The van der Waals surface area contributed by atoms with Gasteiger partial charge in [0.05, 0.1) is 0 Å². The maximum atomic E-state index is 11.8. The topological polar surface area (TPSA) is 135 Å². The Morgan fingerprint density at radius 2 is 1.47 bits per heavy atom. The minimum absolute atomic E-state index is 0.0541. The van der Waals surface area contributed by atoms with Gasteiger partial charge in [0, 0.05) is 58.3 Å². The van der Waals surface area contributed by atoms with Crippen molar-refractivity contribution >= 4 is 22.0 Å². The molecule has 4 heterocycles. The SMILES string of the molecule is CCC(CCC(O)(CS(=O)(=O)O)N1CCNCC1)c1nc(N2CCCC2)nc(N2CCCC2)n1. The van der Waals surface area contributed by atoms with Gasteiger partial charge in [-0.05, 0) is 44.9 Å². The quantitative estimate of drug-likeness (QED) is 0.397. The Morgan fingerprint density at radius 3 is 1.94 bits per heavy atom. The van der Waals surface area contributed by atoms with E-state index in [1.165, 1.54) is 0 Å². The van der Waals surface area contributed by atoms with Gasteiger partial charge in [0.25, 0.3) is 10.1 Å². The molecule has 3 N–H and O–H groups in total. The van der Waals surface area contributed by atoms with Gasteiger partial charge in [0.1, 0.15) is 17.3 Å². The van der Waals surface area contributed by atoms with E-state index in [-0.39, 0.29) is 12.3 Å². The molecule has 3 fully saturated rings. The lowest BCUT2D eigenvalue weighted by Gasteiger charge is -2.42. The van der Waals surface area contributed by atoms with E-state index in [1.807, 2.05) is 0 Å². The van der Waals surface area contributed by atoms with Crippen molar-refractivity contribution in [3.8, 4) is 0 Å². The van der Waals surface area contributed by atoms with Crippen molar-refractivity contribution in [2.24, 2.45) is 0 Å². The molecule has 11 nitrogen and oxygen atoms in total. The molecule has 2 atom stereocenters. The molecule has 0 spiro atoms. The summed E-state index contributed by atoms with van der Waals surface area (Å²) < 4.78 is 33.1. The first-order valence-corrected chi connectivity index (χ1v) is 14.3. The number of hydrogen-bond donors (Lipinski definition) is 3. The summed E-state index contributed by atoms with van der Waals surface area (Å²) in [5.74, 6) is 1.39. The van der Waals surface area contributed by atoms with E-state index in [2.05, 4.69) is 22.0 Å². The molecule has 0 aliphatic carbocycles. The third kappa shape index (κ3) is 6.34. The minimum atomic E-state index is -4.35. The third-order valence-electron chi connectivity index (χ3n) is 7.28. The zero-order valence-electron chi connectivity index (χ0n) is 20.2. The number of piperazine rings is 1. The van der Waals surface area contributed by atoms with E-state index in [0.717, 1.165) is 70.2 Å². The highest BCUT2D eigenvalue weighted by Gasteiger charge is 2.39. The van der Waals surface area contributed by atoms with Crippen LogP contribution < -0.4 is 15.1 Å². The molecule has 3 saturated heterocycles. The smallest absolute Gasteiger partial charge is 0.269 e. The molecule has 4 rings (SSSR count).